The van der Waals surface area contributed by atoms with E-state index in [2.05, 4.69) is 31.3 Å². The first kappa shape index (κ1) is 17.8. The lowest BCUT2D eigenvalue weighted by molar-refractivity contribution is 0.0951. The van der Waals surface area contributed by atoms with E-state index in [0.717, 1.165) is 31.4 Å². The number of carbonyl (C=O) groups is 1. The number of ether oxygens (including phenoxy) is 1. The molecule has 1 N–H and O–H groups in total. The molecule has 1 aromatic carbocycles. The molecule has 0 heterocycles. The van der Waals surface area contributed by atoms with E-state index in [1.54, 1.807) is 18.2 Å². The maximum atomic E-state index is 12.3. The summed E-state index contributed by atoms with van der Waals surface area (Å²) in [4.78, 5) is 12.3. The van der Waals surface area contributed by atoms with Crippen molar-refractivity contribution in [1.82, 2.24) is 5.43 Å². The van der Waals surface area contributed by atoms with Gasteiger partial charge in [0.25, 0.3) is 5.91 Å². The smallest absolute Gasteiger partial charge is 0.275 e. The van der Waals surface area contributed by atoms with Crippen LogP contribution >= 0.6 is 11.6 Å². The van der Waals surface area contributed by atoms with Crippen molar-refractivity contribution in [1.29, 1.82) is 0 Å². The summed E-state index contributed by atoms with van der Waals surface area (Å²) in [7, 11) is 1.53. The quantitative estimate of drug-likeness (QED) is 0.815. The first-order valence-electron chi connectivity index (χ1n) is 8.00. The average molecular weight is 337 g/mol. The van der Waals surface area contributed by atoms with Crippen molar-refractivity contribution in [3.05, 3.63) is 28.8 Å². The Bertz CT molecular complexity index is 596. The van der Waals surface area contributed by atoms with Gasteiger partial charge in [0.1, 0.15) is 5.75 Å². The van der Waals surface area contributed by atoms with Crippen molar-refractivity contribution in [3.8, 4) is 5.75 Å². The molecule has 0 unspecified atom stereocenters. The molecule has 1 amide bonds. The summed E-state index contributed by atoms with van der Waals surface area (Å²) in [5.74, 6) is 0.906. The third-order valence-electron chi connectivity index (χ3n) is 4.51. The van der Waals surface area contributed by atoms with Gasteiger partial charge < -0.3 is 4.74 Å². The van der Waals surface area contributed by atoms with Gasteiger partial charge in [0.2, 0.25) is 0 Å². The van der Waals surface area contributed by atoms with E-state index in [9.17, 15) is 4.79 Å². The average Bonchev–Trinajstić information content (AvgIpc) is 2.52. The monoisotopic (exact) mass is 336 g/mol. The maximum absolute atomic E-state index is 12.3. The van der Waals surface area contributed by atoms with E-state index in [4.69, 9.17) is 16.3 Å². The van der Waals surface area contributed by atoms with Crippen molar-refractivity contribution in [2.24, 2.45) is 16.4 Å². The zero-order valence-corrected chi connectivity index (χ0v) is 15.0. The minimum atomic E-state index is -0.296. The summed E-state index contributed by atoms with van der Waals surface area (Å²) in [6.07, 6.45) is 4.13. The normalized spacial score (nSPS) is 18.5. The summed E-state index contributed by atoms with van der Waals surface area (Å²) in [6, 6.07) is 4.96. The molecule has 0 aliphatic heterocycles. The summed E-state index contributed by atoms with van der Waals surface area (Å²) in [6.45, 7) is 6.85. The third-order valence-corrected chi connectivity index (χ3v) is 4.74. The van der Waals surface area contributed by atoms with E-state index < -0.39 is 0 Å². The molecule has 1 aromatic rings. The van der Waals surface area contributed by atoms with Crippen molar-refractivity contribution in [2.75, 3.05) is 7.11 Å². The largest absolute Gasteiger partial charge is 0.496 e. The lowest BCUT2D eigenvalue weighted by atomic mass is 9.72. The molecule has 5 heteroatoms. The molecule has 0 saturated heterocycles. The van der Waals surface area contributed by atoms with Gasteiger partial charge in [-0.15, -0.1) is 0 Å². The first-order valence-corrected chi connectivity index (χ1v) is 8.38. The number of methoxy groups -OCH3 is 1. The first-order chi connectivity index (χ1) is 10.8. The van der Waals surface area contributed by atoms with Crippen LogP contribution in [0.2, 0.25) is 5.02 Å². The minimum Gasteiger partial charge on any atom is -0.496 e. The van der Waals surface area contributed by atoms with Gasteiger partial charge in [-0.3, -0.25) is 4.79 Å². The van der Waals surface area contributed by atoms with Crippen LogP contribution in [0, 0.1) is 11.3 Å². The SMILES string of the molecule is COc1ccc(Cl)cc1C(=O)NN=C1CCC(C(C)(C)C)CC1. The molecular formula is C18H25ClN2O2. The molecule has 2 rings (SSSR count). The fourth-order valence-electron chi connectivity index (χ4n) is 2.98. The number of hydrogen-bond acceptors (Lipinski definition) is 3. The Balaban J connectivity index is 1.99. The second-order valence-corrected chi connectivity index (χ2v) is 7.54. The Morgan fingerprint density at radius 2 is 1.96 bits per heavy atom. The van der Waals surface area contributed by atoms with Crippen LogP contribution in [-0.4, -0.2) is 18.7 Å². The van der Waals surface area contributed by atoms with Gasteiger partial charge in [0.05, 0.1) is 12.7 Å². The number of rotatable bonds is 3. The van der Waals surface area contributed by atoms with Crippen LogP contribution in [0.3, 0.4) is 0 Å². The van der Waals surface area contributed by atoms with Crippen LogP contribution in [0.25, 0.3) is 0 Å². The van der Waals surface area contributed by atoms with Gasteiger partial charge in [-0.25, -0.2) is 5.43 Å². The molecule has 4 nitrogen and oxygen atoms in total. The topological polar surface area (TPSA) is 50.7 Å². The van der Waals surface area contributed by atoms with E-state index in [1.165, 1.54) is 7.11 Å². The van der Waals surface area contributed by atoms with Crippen LogP contribution in [0.5, 0.6) is 5.75 Å². The van der Waals surface area contributed by atoms with Crippen LogP contribution in [0.15, 0.2) is 23.3 Å². The highest BCUT2D eigenvalue weighted by Crippen LogP contribution is 2.36. The Hall–Kier alpha value is -1.55. The number of hydrogen-bond donors (Lipinski definition) is 1. The highest BCUT2D eigenvalue weighted by molar-refractivity contribution is 6.31. The predicted molar refractivity (Wildman–Crippen MR) is 94.3 cm³/mol. The summed E-state index contributed by atoms with van der Waals surface area (Å²) in [5.41, 5.74) is 4.42. The number of benzene rings is 1. The molecule has 1 saturated carbocycles. The van der Waals surface area contributed by atoms with Crippen molar-refractivity contribution in [2.45, 2.75) is 46.5 Å². The van der Waals surface area contributed by atoms with E-state index >= 15 is 0 Å². The minimum absolute atomic E-state index is 0.296. The summed E-state index contributed by atoms with van der Waals surface area (Å²) < 4.78 is 5.20. The van der Waals surface area contributed by atoms with Crippen molar-refractivity contribution in [3.63, 3.8) is 0 Å². The van der Waals surface area contributed by atoms with Gasteiger partial charge >= 0.3 is 0 Å². The highest BCUT2D eigenvalue weighted by atomic mass is 35.5. The molecule has 1 aliphatic carbocycles. The van der Waals surface area contributed by atoms with E-state index in [-0.39, 0.29) is 5.91 Å². The Morgan fingerprint density at radius 1 is 1.30 bits per heavy atom. The second-order valence-electron chi connectivity index (χ2n) is 7.10. The number of carbonyl (C=O) groups excluding carboxylic acids is 1. The van der Waals surface area contributed by atoms with Crippen molar-refractivity contribution >= 4 is 23.2 Å². The number of halogens is 1. The molecule has 0 radical (unpaired) electrons. The fourth-order valence-corrected chi connectivity index (χ4v) is 3.15. The van der Waals surface area contributed by atoms with Gasteiger partial charge in [-0.2, -0.15) is 5.10 Å². The molecule has 1 aliphatic rings. The van der Waals surface area contributed by atoms with Gasteiger partial charge in [-0.1, -0.05) is 32.4 Å². The molecule has 0 aromatic heterocycles. The zero-order chi connectivity index (χ0) is 17.0. The molecule has 1 fully saturated rings. The summed E-state index contributed by atoms with van der Waals surface area (Å²) in [5, 5.41) is 4.79. The van der Waals surface area contributed by atoms with E-state index in [0.29, 0.717) is 27.7 Å². The fraction of sp³-hybridized carbons (Fsp3) is 0.556. The van der Waals surface area contributed by atoms with E-state index in [1.807, 2.05) is 0 Å². The Kier molecular flexibility index (Phi) is 5.69. The third kappa shape index (κ3) is 4.71. The molecular weight excluding hydrogens is 312 g/mol. The lowest BCUT2D eigenvalue weighted by Gasteiger charge is -2.34. The van der Waals surface area contributed by atoms with Gasteiger partial charge in [0, 0.05) is 10.7 Å². The number of amides is 1. The Morgan fingerprint density at radius 3 is 2.52 bits per heavy atom. The molecule has 23 heavy (non-hydrogen) atoms. The lowest BCUT2D eigenvalue weighted by Crippen LogP contribution is -2.27. The molecule has 0 atom stereocenters. The zero-order valence-electron chi connectivity index (χ0n) is 14.3. The van der Waals surface area contributed by atoms with Crippen LogP contribution in [-0.2, 0) is 0 Å². The number of hydrazone groups is 1. The molecule has 0 bridgehead atoms. The van der Waals surface area contributed by atoms with Crippen molar-refractivity contribution < 1.29 is 9.53 Å². The second kappa shape index (κ2) is 7.35. The van der Waals surface area contributed by atoms with Gasteiger partial charge in [-0.05, 0) is 55.2 Å². The number of nitrogens with zero attached hydrogens (tertiary/aromatic N) is 1. The molecule has 0 spiro atoms. The molecule has 126 valence electrons. The van der Waals surface area contributed by atoms with Crippen LogP contribution < -0.4 is 10.2 Å². The highest BCUT2D eigenvalue weighted by Gasteiger charge is 2.28. The maximum Gasteiger partial charge on any atom is 0.275 e. The predicted octanol–water partition coefficient (Wildman–Crippen LogP) is 4.67. The Labute approximate surface area is 143 Å². The van der Waals surface area contributed by atoms with Crippen LogP contribution in [0.4, 0.5) is 0 Å². The summed E-state index contributed by atoms with van der Waals surface area (Å²) >= 11 is 5.95. The standard InChI is InChI=1S/C18H25ClN2O2/c1-18(2,3)12-5-8-14(9-6-12)20-21-17(22)15-11-13(19)7-10-16(15)23-4/h7,10-12H,5-6,8-9H2,1-4H3,(H,21,22). The van der Waals surface area contributed by atoms with Gasteiger partial charge in [0.15, 0.2) is 0 Å². The van der Waals surface area contributed by atoms with Crippen LogP contribution in [0.1, 0.15) is 56.8 Å². The number of nitrogens with one attached hydrogen (secondary N) is 1.